The van der Waals surface area contributed by atoms with Crippen molar-refractivity contribution in [3.63, 3.8) is 0 Å². The van der Waals surface area contributed by atoms with Crippen molar-refractivity contribution in [1.29, 1.82) is 0 Å². The van der Waals surface area contributed by atoms with Crippen molar-refractivity contribution in [1.82, 2.24) is 8.97 Å². The van der Waals surface area contributed by atoms with E-state index in [1.807, 2.05) is 6.07 Å². The summed E-state index contributed by atoms with van der Waals surface area (Å²) in [5.74, 6) is 0. The van der Waals surface area contributed by atoms with Gasteiger partial charge in [0.05, 0.1) is 27.5 Å². The molecule has 0 aliphatic heterocycles. The van der Waals surface area contributed by atoms with Crippen LogP contribution in [0, 0.1) is 0 Å². The van der Waals surface area contributed by atoms with Crippen LogP contribution in [-0.4, -0.2) is 8.97 Å². The smallest absolute Gasteiger partial charge is 0.139 e. The number of fused-ring (bicyclic) bond motifs is 9. The highest BCUT2D eigenvalue weighted by atomic mass is 16.3. The van der Waals surface area contributed by atoms with Gasteiger partial charge >= 0.3 is 0 Å². The monoisotopic (exact) mass is 434 g/mol. The lowest BCUT2D eigenvalue weighted by molar-refractivity contribution is 0.669. The summed E-state index contributed by atoms with van der Waals surface area (Å²) >= 11 is 0. The molecule has 0 amide bonds. The second-order valence-electron chi connectivity index (χ2n) is 9.40. The minimum absolute atomic E-state index is 0.929. The molecule has 0 unspecified atom stereocenters. The van der Waals surface area contributed by atoms with Crippen LogP contribution in [-0.2, 0) is 7.05 Å². The molecule has 4 heterocycles. The first-order valence-corrected chi connectivity index (χ1v) is 11.7. The molecule has 0 saturated heterocycles. The highest BCUT2D eigenvalue weighted by Crippen LogP contribution is 2.46. The van der Waals surface area contributed by atoms with Gasteiger partial charge in [-0.25, -0.2) is 0 Å². The molecule has 0 saturated carbocycles. The zero-order chi connectivity index (χ0) is 22.1. The Morgan fingerprint density at radius 1 is 0.500 bits per heavy atom. The summed E-state index contributed by atoms with van der Waals surface area (Å²) in [6.45, 7) is 0. The number of nitrogens with zero attached hydrogens (tertiary/aromatic N) is 2. The first-order chi connectivity index (χ1) is 16.8. The Hall–Kier alpha value is -4.50. The lowest BCUT2D eigenvalue weighted by atomic mass is 10.0. The van der Waals surface area contributed by atoms with Gasteiger partial charge in [0.2, 0.25) is 0 Å². The molecule has 34 heavy (non-hydrogen) atoms. The molecule has 0 atom stereocenters. The molecule has 0 bridgehead atoms. The van der Waals surface area contributed by atoms with Gasteiger partial charge in [0.15, 0.2) is 0 Å². The van der Waals surface area contributed by atoms with Crippen LogP contribution in [0.25, 0.3) is 81.8 Å². The third-order valence-electron chi connectivity index (χ3n) is 7.84. The third-order valence-corrected chi connectivity index (χ3v) is 7.84. The van der Waals surface area contributed by atoms with E-state index in [9.17, 15) is 0 Å². The van der Waals surface area contributed by atoms with Crippen LogP contribution in [0.4, 0.5) is 0 Å². The number of furan rings is 1. The molecule has 9 rings (SSSR count). The quantitative estimate of drug-likeness (QED) is 0.235. The third kappa shape index (κ3) is 1.74. The van der Waals surface area contributed by atoms with Crippen molar-refractivity contribution in [2.75, 3.05) is 0 Å². The largest absolute Gasteiger partial charge is 0.456 e. The van der Waals surface area contributed by atoms with Crippen molar-refractivity contribution in [3.05, 3.63) is 91.0 Å². The standard InChI is InChI=1S/C31H18N2O/c1-32-23-14-7-10-18-20-12-6-11-19-17-8-2-4-13-22(17)33(30(19)20)31-28-21-9-3-5-15-25(21)34-26(28)16-24(32)29(31)27(18)23/h2-16H,1H3. The van der Waals surface area contributed by atoms with Crippen LogP contribution < -0.4 is 0 Å². The minimum Gasteiger partial charge on any atom is -0.456 e. The van der Waals surface area contributed by atoms with Crippen molar-refractivity contribution in [2.24, 2.45) is 7.05 Å². The second kappa shape index (κ2) is 5.52. The topological polar surface area (TPSA) is 22.5 Å². The van der Waals surface area contributed by atoms with Gasteiger partial charge in [-0.15, -0.1) is 0 Å². The van der Waals surface area contributed by atoms with Crippen LogP contribution >= 0.6 is 0 Å². The molecule has 5 aromatic carbocycles. The molecule has 4 aromatic heterocycles. The van der Waals surface area contributed by atoms with E-state index in [1.54, 1.807) is 0 Å². The molecule has 0 radical (unpaired) electrons. The van der Waals surface area contributed by atoms with Gasteiger partial charge in [-0.1, -0.05) is 66.7 Å². The first kappa shape index (κ1) is 17.0. The van der Waals surface area contributed by atoms with E-state index in [0.717, 1.165) is 16.6 Å². The SMILES string of the molecule is Cn1c2cccc3c4cccc5c6ccccc6n(c45)c4c5c(cc1c4c32)oc1ccccc15. The molecular formula is C31H18N2O. The summed E-state index contributed by atoms with van der Waals surface area (Å²) in [5.41, 5.74) is 8.04. The van der Waals surface area contributed by atoms with Gasteiger partial charge in [-0.2, -0.15) is 0 Å². The van der Waals surface area contributed by atoms with Crippen LogP contribution in [0.1, 0.15) is 0 Å². The van der Waals surface area contributed by atoms with Gasteiger partial charge in [0, 0.05) is 50.9 Å². The molecule has 3 nitrogen and oxygen atoms in total. The summed E-state index contributed by atoms with van der Waals surface area (Å²) < 4.78 is 11.3. The van der Waals surface area contributed by atoms with Crippen LogP contribution in [0.2, 0.25) is 0 Å². The molecule has 0 spiro atoms. The maximum Gasteiger partial charge on any atom is 0.139 e. The average molecular weight is 434 g/mol. The molecule has 3 heteroatoms. The molecule has 0 fully saturated rings. The van der Waals surface area contributed by atoms with Crippen LogP contribution in [0.15, 0.2) is 95.4 Å². The summed E-state index contributed by atoms with van der Waals surface area (Å²) in [7, 11) is 2.17. The Bertz CT molecular complexity index is 2290. The number of aryl methyl sites for hydroxylation is 1. The van der Waals surface area contributed by atoms with Gasteiger partial charge in [0.1, 0.15) is 11.2 Å². The average Bonchev–Trinajstić information content (AvgIpc) is 3.48. The number of benzene rings is 5. The van der Waals surface area contributed by atoms with E-state index in [2.05, 4.69) is 101 Å². The molecule has 158 valence electrons. The molecule has 0 N–H and O–H groups in total. The van der Waals surface area contributed by atoms with Crippen LogP contribution in [0.5, 0.6) is 0 Å². The zero-order valence-corrected chi connectivity index (χ0v) is 18.5. The van der Waals surface area contributed by atoms with E-state index in [1.165, 1.54) is 65.3 Å². The van der Waals surface area contributed by atoms with Gasteiger partial charge in [0.25, 0.3) is 0 Å². The van der Waals surface area contributed by atoms with E-state index in [-0.39, 0.29) is 0 Å². The summed E-state index contributed by atoms with van der Waals surface area (Å²) in [5, 5.41) is 10.1. The Labute approximate surface area is 193 Å². The van der Waals surface area contributed by atoms with Gasteiger partial charge in [-0.3, -0.25) is 0 Å². The van der Waals surface area contributed by atoms with Crippen molar-refractivity contribution < 1.29 is 4.42 Å². The first-order valence-electron chi connectivity index (χ1n) is 11.7. The second-order valence-corrected chi connectivity index (χ2v) is 9.40. The van der Waals surface area contributed by atoms with Crippen molar-refractivity contribution in [3.8, 4) is 0 Å². The predicted molar refractivity (Wildman–Crippen MR) is 142 cm³/mol. The maximum absolute atomic E-state index is 6.46. The van der Waals surface area contributed by atoms with Gasteiger partial charge < -0.3 is 13.4 Å². The van der Waals surface area contributed by atoms with E-state index >= 15 is 0 Å². The molecular weight excluding hydrogens is 416 g/mol. The number of aromatic nitrogens is 2. The number of hydrogen-bond acceptors (Lipinski definition) is 1. The summed E-state index contributed by atoms with van der Waals surface area (Å²) in [6, 6.07) is 32.9. The molecule has 0 aliphatic rings. The maximum atomic E-state index is 6.46. The Morgan fingerprint density at radius 3 is 2.09 bits per heavy atom. The lowest BCUT2D eigenvalue weighted by Crippen LogP contribution is -1.90. The minimum atomic E-state index is 0.929. The lowest BCUT2D eigenvalue weighted by Gasteiger charge is -2.05. The zero-order valence-electron chi connectivity index (χ0n) is 18.5. The highest BCUT2D eigenvalue weighted by Gasteiger charge is 2.24. The Morgan fingerprint density at radius 2 is 1.18 bits per heavy atom. The van der Waals surface area contributed by atoms with Gasteiger partial charge in [-0.05, 0) is 23.6 Å². The Kier molecular flexibility index (Phi) is 2.77. The van der Waals surface area contributed by atoms with Crippen molar-refractivity contribution in [2.45, 2.75) is 0 Å². The fourth-order valence-corrected chi connectivity index (χ4v) is 6.49. The van der Waals surface area contributed by atoms with E-state index in [0.29, 0.717) is 0 Å². The fourth-order valence-electron chi connectivity index (χ4n) is 6.49. The predicted octanol–water partition coefficient (Wildman–Crippen LogP) is 8.38. The summed E-state index contributed by atoms with van der Waals surface area (Å²) in [6.07, 6.45) is 0. The Balaban J connectivity index is 1.84. The number of rotatable bonds is 0. The number of para-hydroxylation sites is 3. The highest BCUT2D eigenvalue weighted by molar-refractivity contribution is 6.36. The van der Waals surface area contributed by atoms with Crippen LogP contribution in [0.3, 0.4) is 0 Å². The number of hydrogen-bond donors (Lipinski definition) is 0. The van der Waals surface area contributed by atoms with Crippen molar-refractivity contribution >= 4 is 81.8 Å². The molecule has 0 aliphatic carbocycles. The van der Waals surface area contributed by atoms with E-state index < -0.39 is 0 Å². The normalized spacial score (nSPS) is 12.9. The fraction of sp³-hybridized carbons (Fsp3) is 0.0323. The summed E-state index contributed by atoms with van der Waals surface area (Å²) in [4.78, 5) is 0. The molecule has 9 aromatic rings. The van der Waals surface area contributed by atoms with E-state index in [4.69, 9.17) is 4.42 Å².